The molecule has 0 aliphatic rings. The summed E-state index contributed by atoms with van der Waals surface area (Å²) in [5.74, 6) is -1.24. The van der Waals surface area contributed by atoms with Crippen LogP contribution >= 0.6 is 11.6 Å². The second-order valence-electron chi connectivity index (χ2n) is 4.62. The summed E-state index contributed by atoms with van der Waals surface area (Å²) < 4.78 is 0. The van der Waals surface area contributed by atoms with Crippen molar-refractivity contribution in [3.05, 3.63) is 29.0 Å². The summed E-state index contributed by atoms with van der Waals surface area (Å²) in [5.41, 5.74) is 0.119. The molecular formula is C14H19ClN4O3. The molecule has 1 rings (SSSR count). The maximum absolute atomic E-state index is 11.8. The van der Waals surface area contributed by atoms with Gasteiger partial charge in [0.1, 0.15) is 11.7 Å². The minimum absolute atomic E-state index is 0.119. The zero-order valence-electron chi connectivity index (χ0n) is 12.5. The second-order valence-corrected chi connectivity index (χ2v) is 5.06. The van der Waals surface area contributed by atoms with Gasteiger partial charge in [0.05, 0.1) is 6.54 Å². The maximum atomic E-state index is 11.8. The Bertz CT molecular complexity index is 551. The summed E-state index contributed by atoms with van der Waals surface area (Å²) >= 11 is 5.75. The van der Waals surface area contributed by atoms with E-state index in [1.807, 2.05) is 6.92 Å². The summed E-state index contributed by atoms with van der Waals surface area (Å²) in [6.45, 7) is 3.81. The Labute approximate surface area is 133 Å². The van der Waals surface area contributed by atoms with Crippen molar-refractivity contribution in [2.75, 3.05) is 13.1 Å². The predicted molar refractivity (Wildman–Crippen MR) is 82.5 cm³/mol. The molecule has 1 aromatic heterocycles. The van der Waals surface area contributed by atoms with Crippen LogP contribution in [0.25, 0.3) is 0 Å². The number of halogens is 1. The molecular weight excluding hydrogens is 308 g/mol. The fourth-order valence-electron chi connectivity index (χ4n) is 1.54. The van der Waals surface area contributed by atoms with Gasteiger partial charge in [-0.15, -0.1) is 0 Å². The third kappa shape index (κ3) is 6.09. The molecule has 0 bridgehead atoms. The summed E-state index contributed by atoms with van der Waals surface area (Å²) in [6.07, 6.45) is 2.21. The molecule has 0 aliphatic carbocycles. The minimum Gasteiger partial charge on any atom is -0.354 e. The van der Waals surface area contributed by atoms with Gasteiger partial charge in [0.15, 0.2) is 0 Å². The number of hydrogen-bond acceptors (Lipinski definition) is 4. The van der Waals surface area contributed by atoms with Gasteiger partial charge < -0.3 is 16.0 Å². The zero-order chi connectivity index (χ0) is 16.5. The molecule has 0 saturated carbocycles. The zero-order valence-corrected chi connectivity index (χ0v) is 13.2. The normalized spacial score (nSPS) is 11.4. The molecule has 3 amide bonds. The largest absolute Gasteiger partial charge is 0.354 e. The number of amides is 3. The first-order valence-corrected chi connectivity index (χ1v) is 7.28. The smallest absolute Gasteiger partial charge is 0.270 e. The van der Waals surface area contributed by atoms with Gasteiger partial charge in [-0.1, -0.05) is 18.5 Å². The number of nitrogens with zero attached hydrogens (tertiary/aromatic N) is 1. The van der Waals surface area contributed by atoms with Crippen LogP contribution in [0.2, 0.25) is 5.02 Å². The van der Waals surface area contributed by atoms with Crippen molar-refractivity contribution in [2.45, 2.75) is 26.3 Å². The van der Waals surface area contributed by atoms with Crippen LogP contribution in [0.15, 0.2) is 18.3 Å². The Balaban J connectivity index is 2.39. The second kappa shape index (κ2) is 8.99. The van der Waals surface area contributed by atoms with Crippen LogP contribution < -0.4 is 16.0 Å². The molecule has 120 valence electrons. The van der Waals surface area contributed by atoms with E-state index in [4.69, 9.17) is 11.6 Å². The Hall–Kier alpha value is -2.15. The Morgan fingerprint density at radius 3 is 2.68 bits per heavy atom. The standard InChI is InChI=1S/C14H19ClN4O3/c1-3-5-17-13(21)9(2)19-12(20)8-18-14(22)11-7-10(15)4-6-16-11/h4,6-7,9H,3,5,8H2,1-2H3,(H,17,21)(H,18,22)(H,19,20)/t9-/m0/s1. The highest BCUT2D eigenvalue weighted by Gasteiger charge is 2.16. The van der Waals surface area contributed by atoms with Crippen LogP contribution in [0.4, 0.5) is 0 Å². The molecule has 22 heavy (non-hydrogen) atoms. The van der Waals surface area contributed by atoms with E-state index in [2.05, 4.69) is 20.9 Å². The van der Waals surface area contributed by atoms with E-state index in [-0.39, 0.29) is 18.1 Å². The number of carbonyl (C=O) groups is 3. The Kier molecular flexibility index (Phi) is 7.31. The number of aromatic nitrogens is 1. The Morgan fingerprint density at radius 2 is 2.05 bits per heavy atom. The van der Waals surface area contributed by atoms with E-state index in [0.29, 0.717) is 11.6 Å². The first kappa shape index (κ1) is 17.9. The van der Waals surface area contributed by atoms with Crippen LogP contribution in [-0.2, 0) is 9.59 Å². The summed E-state index contributed by atoms with van der Waals surface area (Å²) in [6, 6.07) is 2.28. The SMILES string of the molecule is CCCNC(=O)[C@H](C)NC(=O)CNC(=O)c1cc(Cl)ccn1. The molecule has 1 heterocycles. The van der Waals surface area contributed by atoms with Crippen molar-refractivity contribution in [2.24, 2.45) is 0 Å². The van der Waals surface area contributed by atoms with E-state index in [9.17, 15) is 14.4 Å². The van der Waals surface area contributed by atoms with Crippen LogP contribution in [0.1, 0.15) is 30.8 Å². The fourth-order valence-corrected chi connectivity index (χ4v) is 1.70. The molecule has 8 heteroatoms. The lowest BCUT2D eigenvalue weighted by molar-refractivity contribution is -0.128. The lowest BCUT2D eigenvalue weighted by Crippen LogP contribution is -2.48. The highest BCUT2D eigenvalue weighted by molar-refractivity contribution is 6.30. The highest BCUT2D eigenvalue weighted by Crippen LogP contribution is 2.07. The number of carbonyl (C=O) groups excluding carboxylic acids is 3. The average Bonchev–Trinajstić information content (AvgIpc) is 2.50. The van der Waals surface area contributed by atoms with Gasteiger partial charge in [0, 0.05) is 17.8 Å². The number of nitrogens with one attached hydrogen (secondary N) is 3. The molecule has 1 atom stereocenters. The van der Waals surface area contributed by atoms with Crippen molar-refractivity contribution in [3.63, 3.8) is 0 Å². The van der Waals surface area contributed by atoms with Crippen LogP contribution in [-0.4, -0.2) is 41.8 Å². The third-order valence-corrected chi connectivity index (χ3v) is 2.92. The van der Waals surface area contributed by atoms with Crippen LogP contribution in [0, 0.1) is 0 Å². The lowest BCUT2D eigenvalue weighted by Gasteiger charge is -2.14. The van der Waals surface area contributed by atoms with Crippen molar-refractivity contribution in [1.29, 1.82) is 0 Å². The molecule has 0 radical (unpaired) electrons. The summed E-state index contributed by atoms with van der Waals surface area (Å²) in [4.78, 5) is 38.9. The van der Waals surface area contributed by atoms with Crippen molar-refractivity contribution < 1.29 is 14.4 Å². The fraction of sp³-hybridized carbons (Fsp3) is 0.429. The average molecular weight is 327 g/mol. The molecule has 0 fully saturated rings. The van der Waals surface area contributed by atoms with Gasteiger partial charge in [-0.25, -0.2) is 0 Å². The number of pyridine rings is 1. The summed E-state index contributed by atoms with van der Waals surface area (Å²) in [7, 11) is 0. The van der Waals surface area contributed by atoms with Gasteiger partial charge in [-0.2, -0.15) is 0 Å². The van der Waals surface area contributed by atoms with Gasteiger partial charge in [0.25, 0.3) is 5.91 Å². The molecule has 0 aliphatic heterocycles. The van der Waals surface area contributed by atoms with E-state index in [1.165, 1.54) is 12.3 Å². The van der Waals surface area contributed by atoms with E-state index >= 15 is 0 Å². The number of hydrogen-bond donors (Lipinski definition) is 3. The van der Waals surface area contributed by atoms with E-state index < -0.39 is 17.9 Å². The molecule has 3 N–H and O–H groups in total. The predicted octanol–water partition coefficient (Wildman–Crippen LogP) is 0.496. The van der Waals surface area contributed by atoms with Gasteiger partial charge in [0.2, 0.25) is 11.8 Å². The van der Waals surface area contributed by atoms with Crippen LogP contribution in [0.3, 0.4) is 0 Å². The quantitative estimate of drug-likeness (QED) is 0.679. The minimum atomic E-state index is -0.666. The van der Waals surface area contributed by atoms with Gasteiger partial charge >= 0.3 is 0 Å². The highest BCUT2D eigenvalue weighted by atomic mass is 35.5. The molecule has 7 nitrogen and oxygen atoms in total. The molecule has 0 aromatic carbocycles. The number of rotatable bonds is 7. The van der Waals surface area contributed by atoms with Gasteiger partial charge in [-0.3, -0.25) is 19.4 Å². The van der Waals surface area contributed by atoms with Crippen molar-refractivity contribution >= 4 is 29.3 Å². The van der Waals surface area contributed by atoms with Crippen molar-refractivity contribution in [3.8, 4) is 0 Å². The first-order chi connectivity index (χ1) is 10.4. The Morgan fingerprint density at radius 1 is 1.32 bits per heavy atom. The first-order valence-electron chi connectivity index (χ1n) is 6.90. The molecule has 0 spiro atoms. The van der Waals surface area contributed by atoms with Crippen molar-refractivity contribution in [1.82, 2.24) is 20.9 Å². The maximum Gasteiger partial charge on any atom is 0.270 e. The van der Waals surface area contributed by atoms with Gasteiger partial charge in [-0.05, 0) is 25.5 Å². The van der Waals surface area contributed by atoms with E-state index in [0.717, 1.165) is 6.42 Å². The van der Waals surface area contributed by atoms with E-state index in [1.54, 1.807) is 13.0 Å². The third-order valence-electron chi connectivity index (χ3n) is 2.68. The molecule has 0 saturated heterocycles. The topological polar surface area (TPSA) is 100 Å². The summed E-state index contributed by atoms with van der Waals surface area (Å²) in [5, 5.41) is 7.95. The molecule has 0 unspecified atom stereocenters. The monoisotopic (exact) mass is 326 g/mol. The lowest BCUT2D eigenvalue weighted by atomic mass is 10.3. The van der Waals surface area contributed by atoms with Crippen LogP contribution in [0.5, 0.6) is 0 Å². The molecule has 1 aromatic rings.